The van der Waals surface area contributed by atoms with Gasteiger partial charge in [0.1, 0.15) is 0 Å². The van der Waals surface area contributed by atoms with Crippen molar-refractivity contribution in [1.82, 2.24) is 9.55 Å². The van der Waals surface area contributed by atoms with E-state index in [-0.39, 0.29) is 18.0 Å². The number of nitrogens with one attached hydrogen (secondary N) is 1. The number of nitrogens with zero attached hydrogens (tertiary/aromatic N) is 2. The molecule has 0 fully saturated rings. The molecule has 2 rings (SSSR count). The Hall–Kier alpha value is -2.63. The minimum atomic E-state index is -0.353. The SMILES string of the molecule is Cc1cnc(=O)n(CCC(=O)Nc2cc(N)ccc2C)c1. The molecule has 1 amide bonds. The van der Waals surface area contributed by atoms with E-state index in [4.69, 9.17) is 5.73 Å². The molecular weight excluding hydrogens is 268 g/mol. The average Bonchev–Trinajstić information content (AvgIpc) is 2.44. The second kappa shape index (κ2) is 6.21. The topological polar surface area (TPSA) is 90.0 Å². The van der Waals surface area contributed by atoms with Crippen LogP contribution in [0.3, 0.4) is 0 Å². The van der Waals surface area contributed by atoms with Crippen molar-refractivity contribution in [3.8, 4) is 0 Å². The number of nitrogen functional groups attached to an aromatic ring is 1. The van der Waals surface area contributed by atoms with E-state index >= 15 is 0 Å². The normalized spacial score (nSPS) is 10.4. The highest BCUT2D eigenvalue weighted by atomic mass is 16.2. The molecule has 0 atom stereocenters. The lowest BCUT2D eigenvalue weighted by atomic mass is 10.2. The zero-order valence-electron chi connectivity index (χ0n) is 12.1. The van der Waals surface area contributed by atoms with E-state index in [0.717, 1.165) is 11.1 Å². The maximum Gasteiger partial charge on any atom is 0.347 e. The minimum Gasteiger partial charge on any atom is -0.399 e. The first kappa shape index (κ1) is 14.8. The first-order valence-corrected chi connectivity index (χ1v) is 6.65. The van der Waals surface area contributed by atoms with Crippen LogP contribution in [0.4, 0.5) is 11.4 Å². The number of anilines is 2. The van der Waals surface area contributed by atoms with E-state index in [1.165, 1.54) is 10.8 Å². The molecule has 6 nitrogen and oxygen atoms in total. The van der Waals surface area contributed by atoms with Crippen LogP contribution in [-0.2, 0) is 11.3 Å². The molecule has 0 radical (unpaired) electrons. The zero-order valence-corrected chi connectivity index (χ0v) is 12.1. The van der Waals surface area contributed by atoms with E-state index in [9.17, 15) is 9.59 Å². The van der Waals surface area contributed by atoms with Crippen molar-refractivity contribution in [2.24, 2.45) is 0 Å². The fraction of sp³-hybridized carbons (Fsp3) is 0.267. The lowest BCUT2D eigenvalue weighted by molar-refractivity contribution is -0.116. The first-order chi connectivity index (χ1) is 9.95. The number of nitrogens with two attached hydrogens (primary N) is 1. The molecule has 0 spiro atoms. The Morgan fingerprint density at radius 3 is 2.90 bits per heavy atom. The van der Waals surface area contributed by atoms with Crippen LogP contribution >= 0.6 is 0 Å². The lowest BCUT2D eigenvalue weighted by Gasteiger charge is -2.10. The summed E-state index contributed by atoms with van der Waals surface area (Å²) >= 11 is 0. The van der Waals surface area contributed by atoms with Crippen molar-refractivity contribution in [3.05, 3.63) is 52.2 Å². The third kappa shape index (κ3) is 3.92. The summed E-state index contributed by atoms with van der Waals surface area (Å²) in [4.78, 5) is 27.2. The Morgan fingerprint density at radius 1 is 1.38 bits per heavy atom. The van der Waals surface area contributed by atoms with Gasteiger partial charge in [-0.25, -0.2) is 9.78 Å². The Bertz CT molecular complexity index is 722. The largest absolute Gasteiger partial charge is 0.399 e. The van der Waals surface area contributed by atoms with Gasteiger partial charge < -0.3 is 11.1 Å². The summed E-state index contributed by atoms with van der Waals surface area (Å²) in [6, 6.07) is 5.34. The van der Waals surface area contributed by atoms with E-state index < -0.39 is 0 Å². The number of carbonyl (C=O) groups excluding carboxylic acids is 1. The Kier molecular flexibility index (Phi) is 4.37. The molecule has 2 aromatic rings. The van der Waals surface area contributed by atoms with Crippen LogP contribution in [0.5, 0.6) is 0 Å². The van der Waals surface area contributed by atoms with Crippen molar-refractivity contribution in [1.29, 1.82) is 0 Å². The maximum absolute atomic E-state index is 12.0. The van der Waals surface area contributed by atoms with Gasteiger partial charge in [-0.2, -0.15) is 0 Å². The molecule has 1 aromatic carbocycles. The molecule has 0 aliphatic heterocycles. The zero-order chi connectivity index (χ0) is 15.4. The molecule has 0 saturated carbocycles. The molecule has 1 heterocycles. The van der Waals surface area contributed by atoms with E-state index in [1.54, 1.807) is 18.3 Å². The summed E-state index contributed by atoms with van der Waals surface area (Å²) in [5.74, 6) is -0.169. The standard InChI is InChI=1S/C15H18N4O2/c1-10-8-17-15(21)19(9-10)6-5-14(20)18-13-7-12(16)4-3-11(13)2/h3-4,7-9H,5-6,16H2,1-2H3,(H,18,20). The highest BCUT2D eigenvalue weighted by Gasteiger charge is 2.06. The number of benzene rings is 1. The summed E-state index contributed by atoms with van der Waals surface area (Å²) in [7, 11) is 0. The molecule has 0 saturated heterocycles. The van der Waals surface area contributed by atoms with Gasteiger partial charge in [0.05, 0.1) is 0 Å². The molecule has 0 aliphatic rings. The third-order valence-electron chi connectivity index (χ3n) is 3.10. The summed E-state index contributed by atoms with van der Waals surface area (Å²) in [5.41, 5.74) is 8.44. The molecule has 0 unspecified atom stereocenters. The van der Waals surface area contributed by atoms with Crippen LogP contribution in [0.2, 0.25) is 0 Å². The number of hydrogen-bond donors (Lipinski definition) is 2. The summed E-state index contributed by atoms with van der Waals surface area (Å²) in [5, 5.41) is 2.80. The van der Waals surface area contributed by atoms with Gasteiger partial charge in [0, 0.05) is 36.7 Å². The van der Waals surface area contributed by atoms with Gasteiger partial charge in [-0.05, 0) is 37.1 Å². The van der Waals surface area contributed by atoms with Crippen molar-refractivity contribution in [2.75, 3.05) is 11.1 Å². The predicted octanol–water partition coefficient (Wildman–Crippen LogP) is 1.47. The highest BCUT2D eigenvalue weighted by molar-refractivity contribution is 5.91. The Labute approximate surface area is 122 Å². The molecule has 6 heteroatoms. The van der Waals surface area contributed by atoms with E-state index in [0.29, 0.717) is 17.9 Å². The van der Waals surface area contributed by atoms with Crippen molar-refractivity contribution in [2.45, 2.75) is 26.8 Å². The predicted molar refractivity (Wildman–Crippen MR) is 82.1 cm³/mol. The number of hydrogen-bond acceptors (Lipinski definition) is 4. The van der Waals surface area contributed by atoms with Crippen LogP contribution in [0.1, 0.15) is 17.5 Å². The fourth-order valence-electron chi connectivity index (χ4n) is 1.93. The Balaban J connectivity index is 2.01. The molecule has 21 heavy (non-hydrogen) atoms. The monoisotopic (exact) mass is 286 g/mol. The van der Waals surface area contributed by atoms with E-state index in [2.05, 4.69) is 10.3 Å². The second-order valence-corrected chi connectivity index (χ2v) is 4.98. The number of amides is 1. The number of aromatic nitrogens is 2. The number of carbonyl (C=O) groups is 1. The lowest BCUT2D eigenvalue weighted by Crippen LogP contribution is -2.25. The van der Waals surface area contributed by atoms with Crippen LogP contribution in [0.15, 0.2) is 35.4 Å². The smallest absolute Gasteiger partial charge is 0.347 e. The highest BCUT2D eigenvalue weighted by Crippen LogP contribution is 2.18. The molecule has 0 bridgehead atoms. The molecular formula is C15H18N4O2. The van der Waals surface area contributed by atoms with Gasteiger partial charge in [-0.15, -0.1) is 0 Å². The second-order valence-electron chi connectivity index (χ2n) is 4.98. The van der Waals surface area contributed by atoms with Crippen molar-refractivity contribution < 1.29 is 4.79 Å². The minimum absolute atomic E-state index is 0.169. The third-order valence-corrected chi connectivity index (χ3v) is 3.10. The van der Waals surface area contributed by atoms with Crippen LogP contribution < -0.4 is 16.7 Å². The van der Waals surface area contributed by atoms with Crippen LogP contribution in [-0.4, -0.2) is 15.5 Å². The van der Waals surface area contributed by atoms with Gasteiger partial charge in [-0.3, -0.25) is 9.36 Å². The number of aryl methyl sites for hydroxylation is 3. The summed E-state index contributed by atoms with van der Waals surface area (Å²) in [6.07, 6.45) is 3.39. The van der Waals surface area contributed by atoms with Crippen LogP contribution in [0.25, 0.3) is 0 Å². The van der Waals surface area contributed by atoms with Gasteiger partial charge in [-0.1, -0.05) is 6.07 Å². The maximum atomic E-state index is 12.0. The van der Waals surface area contributed by atoms with E-state index in [1.807, 2.05) is 19.9 Å². The van der Waals surface area contributed by atoms with Crippen molar-refractivity contribution in [3.63, 3.8) is 0 Å². The molecule has 3 N–H and O–H groups in total. The van der Waals surface area contributed by atoms with Crippen molar-refractivity contribution >= 4 is 17.3 Å². The first-order valence-electron chi connectivity index (χ1n) is 6.65. The van der Waals surface area contributed by atoms with Gasteiger partial charge in [0.25, 0.3) is 0 Å². The van der Waals surface area contributed by atoms with Crippen LogP contribution in [0, 0.1) is 13.8 Å². The molecule has 0 aliphatic carbocycles. The number of rotatable bonds is 4. The quantitative estimate of drug-likeness (QED) is 0.833. The fourth-order valence-corrected chi connectivity index (χ4v) is 1.93. The van der Waals surface area contributed by atoms with Gasteiger partial charge in [0.2, 0.25) is 5.91 Å². The van der Waals surface area contributed by atoms with Gasteiger partial charge >= 0.3 is 5.69 Å². The molecule has 1 aromatic heterocycles. The van der Waals surface area contributed by atoms with Gasteiger partial charge in [0.15, 0.2) is 0 Å². The molecule has 110 valence electrons. The summed E-state index contributed by atoms with van der Waals surface area (Å²) in [6.45, 7) is 4.03. The Morgan fingerprint density at radius 2 is 2.14 bits per heavy atom. The summed E-state index contributed by atoms with van der Waals surface area (Å²) < 4.78 is 1.43. The average molecular weight is 286 g/mol.